The molecule has 0 aliphatic heterocycles. The molecule has 0 aliphatic rings. The molecular formula is C12H18N2O4S. The van der Waals surface area contributed by atoms with Crippen LogP contribution in [-0.4, -0.2) is 32.6 Å². The summed E-state index contributed by atoms with van der Waals surface area (Å²) in [5.41, 5.74) is 1.07. The number of benzene rings is 1. The van der Waals surface area contributed by atoms with E-state index in [9.17, 15) is 13.2 Å². The van der Waals surface area contributed by atoms with Gasteiger partial charge >= 0.3 is 5.97 Å². The van der Waals surface area contributed by atoms with Crippen molar-refractivity contribution in [3.63, 3.8) is 0 Å². The summed E-state index contributed by atoms with van der Waals surface area (Å²) < 4.78 is 25.9. The Balaban J connectivity index is 3.13. The molecule has 1 rings (SSSR count). The number of sulfonamides is 1. The van der Waals surface area contributed by atoms with Crippen LogP contribution < -0.4 is 10.0 Å². The standard InChI is InChI=1S/C12H18N2O4S/c1-4-10(12(15)16)14-9-6-5-8(2)11(7-9)19(17,18)13-3/h5-7,10,13-14H,4H2,1-3H3,(H,15,16). The number of carboxylic acid groups (broad SMARTS) is 1. The maximum absolute atomic E-state index is 11.8. The number of aryl methyl sites for hydroxylation is 1. The molecule has 1 aromatic rings. The van der Waals surface area contributed by atoms with Gasteiger partial charge in [-0.1, -0.05) is 13.0 Å². The van der Waals surface area contributed by atoms with E-state index in [2.05, 4.69) is 10.0 Å². The second-order valence-corrected chi connectivity index (χ2v) is 5.99. The zero-order valence-electron chi connectivity index (χ0n) is 11.1. The summed E-state index contributed by atoms with van der Waals surface area (Å²) >= 11 is 0. The van der Waals surface area contributed by atoms with Crippen molar-refractivity contribution >= 4 is 21.7 Å². The van der Waals surface area contributed by atoms with Crippen LogP contribution in [0.15, 0.2) is 23.1 Å². The van der Waals surface area contributed by atoms with Gasteiger partial charge in [0, 0.05) is 5.69 Å². The van der Waals surface area contributed by atoms with Gasteiger partial charge in [0.25, 0.3) is 0 Å². The van der Waals surface area contributed by atoms with Crippen LogP contribution >= 0.6 is 0 Å². The van der Waals surface area contributed by atoms with E-state index < -0.39 is 22.0 Å². The summed E-state index contributed by atoms with van der Waals surface area (Å²) in [6.07, 6.45) is 0.400. The maximum Gasteiger partial charge on any atom is 0.326 e. The number of carboxylic acids is 1. The minimum absolute atomic E-state index is 0.139. The Kier molecular flexibility index (Phi) is 4.90. The van der Waals surface area contributed by atoms with Crippen LogP contribution in [0.25, 0.3) is 0 Å². The highest BCUT2D eigenvalue weighted by Gasteiger charge is 2.18. The molecule has 0 spiro atoms. The Morgan fingerprint density at radius 3 is 2.53 bits per heavy atom. The predicted molar refractivity (Wildman–Crippen MR) is 72.8 cm³/mol. The third-order valence-corrected chi connectivity index (χ3v) is 4.35. The van der Waals surface area contributed by atoms with Crippen LogP contribution in [0.3, 0.4) is 0 Å². The highest BCUT2D eigenvalue weighted by Crippen LogP contribution is 2.20. The Labute approximate surface area is 112 Å². The van der Waals surface area contributed by atoms with Gasteiger partial charge in [-0.15, -0.1) is 0 Å². The fourth-order valence-corrected chi connectivity index (χ4v) is 2.62. The molecule has 106 valence electrons. The Bertz CT molecular complexity index is 569. The van der Waals surface area contributed by atoms with Gasteiger partial charge in [0.05, 0.1) is 4.90 Å². The molecule has 19 heavy (non-hydrogen) atoms. The van der Waals surface area contributed by atoms with E-state index in [1.807, 2.05) is 0 Å². The van der Waals surface area contributed by atoms with Crippen molar-refractivity contribution in [2.24, 2.45) is 0 Å². The second-order valence-electron chi connectivity index (χ2n) is 4.13. The van der Waals surface area contributed by atoms with Crippen molar-refractivity contribution in [2.75, 3.05) is 12.4 Å². The van der Waals surface area contributed by atoms with Crippen molar-refractivity contribution in [1.29, 1.82) is 0 Å². The molecule has 0 radical (unpaired) electrons. The second kappa shape index (κ2) is 6.03. The van der Waals surface area contributed by atoms with Crippen LogP contribution in [0.4, 0.5) is 5.69 Å². The molecule has 0 bridgehead atoms. The molecule has 6 nitrogen and oxygen atoms in total. The third-order valence-electron chi connectivity index (χ3n) is 2.79. The molecular weight excluding hydrogens is 268 g/mol. The largest absolute Gasteiger partial charge is 0.480 e. The van der Waals surface area contributed by atoms with Crippen LogP contribution in [0.5, 0.6) is 0 Å². The van der Waals surface area contributed by atoms with Gasteiger partial charge in [0.15, 0.2) is 0 Å². The van der Waals surface area contributed by atoms with Gasteiger partial charge < -0.3 is 10.4 Å². The van der Waals surface area contributed by atoms with Gasteiger partial charge in [-0.3, -0.25) is 0 Å². The molecule has 1 atom stereocenters. The minimum Gasteiger partial charge on any atom is -0.480 e. The smallest absolute Gasteiger partial charge is 0.326 e. The number of hydrogen-bond acceptors (Lipinski definition) is 4. The van der Waals surface area contributed by atoms with Gasteiger partial charge in [0.1, 0.15) is 6.04 Å². The van der Waals surface area contributed by atoms with E-state index in [1.54, 1.807) is 26.0 Å². The van der Waals surface area contributed by atoms with Crippen molar-refractivity contribution in [3.8, 4) is 0 Å². The Morgan fingerprint density at radius 2 is 2.05 bits per heavy atom. The Hall–Kier alpha value is -1.60. The van der Waals surface area contributed by atoms with Crippen molar-refractivity contribution in [1.82, 2.24) is 4.72 Å². The third kappa shape index (κ3) is 3.68. The fourth-order valence-electron chi connectivity index (χ4n) is 1.63. The SMILES string of the molecule is CCC(Nc1ccc(C)c(S(=O)(=O)NC)c1)C(=O)O. The fraction of sp³-hybridized carbons (Fsp3) is 0.417. The molecule has 1 aromatic carbocycles. The molecule has 0 aliphatic carbocycles. The average molecular weight is 286 g/mol. The highest BCUT2D eigenvalue weighted by molar-refractivity contribution is 7.89. The molecule has 1 unspecified atom stereocenters. The number of hydrogen-bond donors (Lipinski definition) is 3. The lowest BCUT2D eigenvalue weighted by Crippen LogP contribution is -2.28. The molecule has 0 saturated heterocycles. The lowest BCUT2D eigenvalue weighted by molar-refractivity contribution is -0.137. The molecule has 0 amide bonds. The first-order chi connectivity index (χ1) is 8.81. The number of anilines is 1. The summed E-state index contributed by atoms with van der Waals surface area (Å²) in [6.45, 7) is 3.42. The van der Waals surface area contributed by atoms with Crippen molar-refractivity contribution in [2.45, 2.75) is 31.2 Å². The quantitative estimate of drug-likeness (QED) is 0.730. The zero-order valence-corrected chi connectivity index (χ0v) is 11.9. The summed E-state index contributed by atoms with van der Waals surface area (Å²) in [7, 11) is -2.22. The zero-order chi connectivity index (χ0) is 14.6. The maximum atomic E-state index is 11.8. The first-order valence-electron chi connectivity index (χ1n) is 5.85. The van der Waals surface area contributed by atoms with Gasteiger partial charge in [0.2, 0.25) is 10.0 Å². The molecule has 0 aromatic heterocycles. The van der Waals surface area contributed by atoms with Crippen molar-refractivity contribution in [3.05, 3.63) is 23.8 Å². The predicted octanol–water partition coefficient (Wildman–Crippen LogP) is 1.18. The van der Waals surface area contributed by atoms with Gasteiger partial charge in [-0.05, 0) is 38.1 Å². The normalized spacial score (nSPS) is 13.0. The lowest BCUT2D eigenvalue weighted by Gasteiger charge is -2.15. The highest BCUT2D eigenvalue weighted by atomic mass is 32.2. The molecule has 0 heterocycles. The van der Waals surface area contributed by atoms with Crippen LogP contribution in [-0.2, 0) is 14.8 Å². The number of nitrogens with one attached hydrogen (secondary N) is 2. The average Bonchev–Trinajstić information content (AvgIpc) is 2.37. The van der Waals surface area contributed by atoms with E-state index in [0.29, 0.717) is 17.7 Å². The molecule has 0 fully saturated rings. The summed E-state index contributed by atoms with van der Waals surface area (Å²) in [5, 5.41) is 11.8. The lowest BCUT2D eigenvalue weighted by atomic mass is 10.2. The van der Waals surface area contributed by atoms with Crippen molar-refractivity contribution < 1.29 is 18.3 Å². The summed E-state index contributed by atoms with van der Waals surface area (Å²) in [5.74, 6) is -0.971. The van der Waals surface area contributed by atoms with E-state index >= 15 is 0 Å². The van der Waals surface area contributed by atoms with Crippen LogP contribution in [0, 0.1) is 6.92 Å². The van der Waals surface area contributed by atoms with E-state index in [0.717, 1.165) is 0 Å². The molecule has 7 heteroatoms. The number of rotatable bonds is 6. The molecule has 3 N–H and O–H groups in total. The molecule has 0 saturated carbocycles. The first-order valence-corrected chi connectivity index (χ1v) is 7.33. The summed E-state index contributed by atoms with van der Waals surface area (Å²) in [4.78, 5) is 11.1. The summed E-state index contributed by atoms with van der Waals surface area (Å²) in [6, 6.07) is 4.00. The monoisotopic (exact) mass is 286 g/mol. The number of aliphatic carboxylic acids is 1. The minimum atomic E-state index is -3.55. The van der Waals surface area contributed by atoms with Gasteiger partial charge in [-0.2, -0.15) is 0 Å². The van der Waals surface area contributed by atoms with Crippen LogP contribution in [0.2, 0.25) is 0 Å². The van der Waals surface area contributed by atoms with E-state index in [1.165, 1.54) is 13.1 Å². The first kappa shape index (κ1) is 15.5. The number of carbonyl (C=O) groups is 1. The van der Waals surface area contributed by atoms with Crippen LogP contribution in [0.1, 0.15) is 18.9 Å². The van der Waals surface area contributed by atoms with Gasteiger partial charge in [-0.25, -0.2) is 17.9 Å². The van der Waals surface area contributed by atoms with E-state index in [4.69, 9.17) is 5.11 Å². The Morgan fingerprint density at radius 1 is 1.42 bits per heavy atom. The topological polar surface area (TPSA) is 95.5 Å². The van der Waals surface area contributed by atoms with E-state index in [-0.39, 0.29) is 4.90 Å².